The molecular formula is C30H42N4O5. The molecule has 9 nitrogen and oxygen atoms in total. The van der Waals surface area contributed by atoms with Crippen LogP contribution in [0.25, 0.3) is 11.3 Å². The first kappa shape index (κ1) is 30.2. The number of amides is 3. The Kier molecular flexibility index (Phi) is 10.6. The van der Waals surface area contributed by atoms with E-state index in [-0.39, 0.29) is 18.9 Å². The lowest BCUT2D eigenvalue weighted by Crippen LogP contribution is -2.58. The molecule has 3 rings (SSSR count). The molecule has 1 aromatic heterocycles. The molecule has 212 valence electrons. The Morgan fingerprint density at radius 2 is 1.95 bits per heavy atom. The van der Waals surface area contributed by atoms with Gasteiger partial charge in [0.15, 0.2) is 0 Å². The van der Waals surface area contributed by atoms with Crippen LogP contribution >= 0.6 is 0 Å². The van der Waals surface area contributed by atoms with Gasteiger partial charge in [0.05, 0.1) is 24.3 Å². The predicted molar refractivity (Wildman–Crippen MR) is 150 cm³/mol. The first-order valence-corrected chi connectivity index (χ1v) is 13.7. The summed E-state index contributed by atoms with van der Waals surface area (Å²) in [7, 11) is 0. The number of pyridine rings is 1. The SMILES string of the molecule is CC(C)CC(NC(=O)OC(C)(C)C)C(=O)N(C(=O)Cc1cccc(-c2ccccn2)c1)C1CCCNC[C@@H]1O. The van der Waals surface area contributed by atoms with E-state index in [4.69, 9.17) is 4.74 Å². The number of aliphatic hydroxyl groups is 1. The molecule has 3 N–H and O–H groups in total. The smallest absolute Gasteiger partial charge is 0.408 e. The van der Waals surface area contributed by atoms with E-state index < -0.39 is 41.7 Å². The van der Waals surface area contributed by atoms with Gasteiger partial charge in [0.25, 0.3) is 5.91 Å². The van der Waals surface area contributed by atoms with Crippen molar-refractivity contribution in [3.63, 3.8) is 0 Å². The number of imide groups is 1. The van der Waals surface area contributed by atoms with Gasteiger partial charge in [-0.25, -0.2) is 4.79 Å². The third-order valence-electron chi connectivity index (χ3n) is 6.43. The second-order valence-electron chi connectivity index (χ2n) is 11.5. The third-order valence-corrected chi connectivity index (χ3v) is 6.43. The van der Waals surface area contributed by atoms with Crippen molar-refractivity contribution < 1.29 is 24.2 Å². The maximum atomic E-state index is 14.1. The van der Waals surface area contributed by atoms with Gasteiger partial charge in [-0.1, -0.05) is 38.1 Å². The van der Waals surface area contributed by atoms with Gasteiger partial charge in [-0.15, -0.1) is 0 Å². The van der Waals surface area contributed by atoms with Crippen molar-refractivity contribution in [2.24, 2.45) is 5.92 Å². The lowest BCUT2D eigenvalue weighted by molar-refractivity contribution is -0.152. The zero-order valence-electron chi connectivity index (χ0n) is 23.6. The Balaban J connectivity index is 1.92. The number of hydrogen-bond donors (Lipinski definition) is 3. The monoisotopic (exact) mass is 538 g/mol. The molecule has 1 aliphatic heterocycles. The van der Waals surface area contributed by atoms with Crippen molar-refractivity contribution in [3.8, 4) is 11.3 Å². The molecule has 0 spiro atoms. The average molecular weight is 539 g/mol. The van der Waals surface area contributed by atoms with Gasteiger partial charge in [-0.05, 0) is 76.3 Å². The maximum absolute atomic E-state index is 14.1. The number of carbonyl (C=O) groups is 3. The minimum absolute atomic E-state index is 0.0378. The van der Waals surface area contributed by atoms with Crippen LogP contribution in [0.15, 0.2) is 48.7 Å². The Morgan fingerprint density at radius 3 is 2.62 bits per heavy atom. The number of β-amino-alcohol motifs (C(OH)–C–C–N with tert-alkyl or cyclic N) is 1. The van der Waals surface area contributed by atoms with E-state index in [9.17, 15) is 19.5 Å². The highest BCUT2D eigenvalue weighted by atomic mass is 16.6. The van der Waals surface area contributed by atoms with Crippen molar-refractivity contribution >= 4 is 17.9 Å². The molecule has 0 aliphatic carbocycles. The van der Waals surface area contributed by atoms with Crippen LogP contribution in [0.5, 0.6) is 0 Å². The Labute approximate surface area is 231 Å². The maximum Gasteiger partial charge on any atom is 0.408 e. The van der Waals surface area contributed by atoms with E-state index in [2.05, 4.69) is 15.6 Å². The second-order valence-corrected chi connectivity index (χ2v) is 11.5. The van der Waals surface area contributed by atoms with E-state index in [1.165, 1.54) is 4.90 Å². The summed E-state index contributed by atoms with van der Waals surface area (Å²) in [4.78, 5) is 46.2. The van der Waals surface area contributed by atoms with Crippen molar-refractivity contribution in [1.82, 2.24) is 20.5 Å². The summed E-state index contributed by atoms with van der Waals surface area (Å²) in [5.74, 6) is -0.906. The van der Waals surface area contributed by atoms with Crippen molar-refractivity contribution in [1.29, 1.82) is 0 Å². The van der Waals surface area contributed by atoms with Crippen LogP contribution in [-0.4, -0.2) is 69.8 Å². The quantitative estimate of drug-likeness (QED) is 0.469. The Bertz CT molecular complexity index is 1120. The summed E-state index contributed by atoms with van der Waals surface area (Å²) in [5, 5.41) is 16.8. The lowest BCUT2D eigenvalue weighted by Gasteiger charge is -2.35. The van der Waals surface area contributed by atoms with Crippen LogP contribution in [0.3, 0.4) is 0 Å². The molecule has 0 saturated carbocycles. The summed E-state index contributed by atoms with van der Waals surface area (Å²) in [6.45, 7) is 10.1. The molecule has 1 fully saturated rings. The number of nitrogens with one attached hydrogen (secondary N) is 2. The number of carbonyl (C=O) groups excluding carboxylic acids is 3. The van der Waals surface area contributed by atoms with E-state index >= 15 is 0 Å². The molecule has 9 heteroatoms. The number of alkyl carbamates (subject to hydrolysis) is 1. The van der Waals surface area contributed by atoms with E-state index in [0.29, 0.717) is 25.8 Å². The fraction of sp³-hybridized carbons (Fsp3) is 0.533. The third kappa shape index (κ3) is 9.14. The molecule has 2 unspecified atom stereocenters. The van der Waals surface area contributed by atoms with Crippen LogP contribution in [-0.2, 0) is 20.7 Å². The molecule has 1 aromatic carbocycles. The molecule has 39 heavy (non-hydrogen) atoms. The molecule has 3 amide bonds. The topological polar surface area (TPSA) is 121 Å². The van der Waals surface area contributed by atoms with Crippen LogP contribution in [0.4, 0.5) is 4.79 Å². The van der Waals surface area contributed by atoms with Crippen molar-refractivity contribution in [3.05, 3.63) is 54.2 Å². The number of benzene rings is 1. The minimum atomic E-state index is -0.980. The number of nitrogens with zero attached hydrogens (tertiary/aromatic N) is 2. The first-order valence-electron chi connectivity index (χ1n) is 13.7. The summed E-state index contributed by atoms with van der Waals surface area (Å²) >= 11 is 0. The predicted octanol–water partition coefficient (Wildman–Crippen LogP) is 3.70. The van der Waals surface area contributed by atoms with Crippen LogP contribution < -0.4 is 10.6 Å². The van der Waals surface area contributed by atoms with Gasteiger partial charge < -0.3 is 20.5 Å². The number of hydrogen-bond acceptors (Lipinski definition) is 7. The molecule has 2 aromatic rings. The number of ether oxygens (including phenoxy) is 1. The lowest BCUT2D eigenvalue weighted by atomic mass is 9.98. The van der Waals surface area contributed by atoms with Gasteiger partial charge in [0, 0.05) is 18.3 Å². The molecule has 1 saturated heterocycles. The minimum Gasteiger partial charge on any atom is -0.444 e. The van der Waals surface area contributed by atoms with Gasteiger partial charge in [0.1, 0.15) is 11.6 Å². The summed E-state index contributed by atoms with van der Waals surface area (Å²) in [6, 6.07) is 11.4. The summed E-state index contributed by atoms with van der Waals surface area (Å²) in [5.41, 5.74) is 1.63. The fourth-order valence-corrected chi connectivity index (χ4v) is 4.73. The molecular weight excluding hydrogens is 496 g/mol. The zero-order valence-corrected chi connectivity index (χ0v) is 23.6. The Hall–Kier alpha value is -3.30. The van der Waals surface area contributed by atoms with E-state index in [1.54, 1.807) is 27.0 Å². The van der Waals surface area contributed by atoms with Crippen LogP contribution in [0.1, 0.15) is 59.4 Å². The van der Waals surface area contributed by atoms with Gasteiger partial charge >= 0.3 is 6.09 Å². The molecule has 0 radical (unpaired) electrons. The fourth-order valence-electron chi connectivity index (χ4n) is 4.73. The molecule has 1 aliphatic rings. The van der Waals surface area contributed by atoms with Crippen LogP contribution in [0, 0.1) is 5.92 Å². The second kappa shape index (κ2) is 13.7. The first-order chi connectivity index (χ1) is 18.4. The standard InChI is InChI=1S/C30H42N4O5/c1-20(2)16-24(33-29(38)39-30(3,4)5)28(37)34(25-13-9-14-31-19-26(25)35)27(36)18-21-10-8-11-22(17-21)23-12-6-7-15-32-23/h6-8,10-12,15,17,20,24-26,31,35H,9,13-14,16,18-19H2,1-5H3,(H,33,38)/t24?,25?,26-/m0/s1. The van der Waals surface area contributed by atoms with E-state index in [0.717, 1.165) is 16.8 Å². The summed E-state index contributed by atoms with van der Waals surface area (Å²) in [6.07, 6.45) is 1.49. The Morgan fingerprint density at radius 1 is 1.18 bits per heavy atom. The van der Waals surface area contributed by atoms with Gasteiger partial charge in [-0.3, -0.25) is 19.5 Å². The number of rotatable bonds is 8. The highest BCUT2D eigenvalue weighted by Crippen LogP contribution is 2.22. The highest BCUT2D eigenvalue weighted by Gasteiger charge is 2.39. The van der Waals surface area contributed by atoms with Crippen molar-refractivity contribution in [2.45, 2.75) is 84.1 Å². The molecule has 3 atom stereocenters. The largest absolute Gasteiger partial charge is 0.444 e. The van der Waals surface area contributed by atoms with Crippen LogP contribution in [0.2, 0.25) is 0 Å². The molecule has 0 bridgehead atoms. The number of aliphatic hydroxyl groups excluding tert-OH is 1. The average Bonchev–Trinajstić information content (AvgIpc) is 3.07. The summed E-state index contributed by atoms with van der Waals surface area (Å²) < 4.78 is 5.41. The van der Waals surface area contributed by atoms with E-state index in [1.807, 2.05) is 56.3 Å². The van der Waals surface area contributed by atoms with Crippen molar-refractivity contribution in [2.75, 3.05) is 13.1 Å². The normalized spacial score (nSPS) is 18.6. The zero-order chi connectivity index (χ0) is 28.6. The number of aromatic nitrogens is 1. The highest BCUT2D eigenvalue weighted by molar-refractivity contribution is 6.00. The van der Waals surface area contributed by atoms with Gasteiger partial charge in [-0.2, -0.15) is 0 Å². The molecule has 2 heterocycles. The van der Waals surface area contributed by atoms with Gasteiger partial charge in [0.2, 0.25) is 5.91 Å².